The van der Waals surface area contributed by atoms with E-state index in [1.807, 2.05) is 6.92 Å². The molecular formula is C16H23ClN2O. The van der Waals surface area contributed by atoms with Crippen LogP contribution in [0.5, 0.6) is 0 Å². The summed E-state index contributed by atoms with van der Waals surface area (Å²) in [5.74, 6) is 1.80. The third-order valence-corrected chi connectivity index (χ3v) is 3.87. The zero-order chi connectivity index (χ0) is 14.7. The van der Waals surface area contributed by atoms with E-state index in [1.54, 1.807) is 0 Å². The molecule has 0 radical (unpaired) electrons. The zero-order valence-electron chi connectivity index (χ0n) is 12.7. The van der Waals surface area contributed by atoms with Crippen molar-refractivity contribution in [1.82, 2.24) is 9.55 Å². The lowest BCUT2D eigenvalue weighted by Crippen LogP contribution is -2.22. The van der Waals surface area contributed by atoms with Gasteiger partial charge in [-0.05, 0) is 37.5 Å². The summed E-state index contributed by atoms with van der Waals surface area (Å²) in [6.07, 6.45) is 0. The van der Waals surface area contributed by atoms with Crippen molar-refractivity contribution < 1.29 is 4.74 Å². The minimum Gasteiger partial charge on any atom is -0.380 e. The van der Waals surface area contributed by atoms with Gasteiger partial charge in [0, 0.05) is 6.61 Å². The van der Waals surface area contributed by atoms with Crippen LogP contribution in [0.2, 0.25) is 0 Å². The van der Waals surface area contributed by atoms with E-state index in [0.717, 1.165) is 23.5 Å². The topological polar surface area (TPSA) is 27.1 Å². The van der Waals surface area contributed by atoms with Gasteiger partial charge in [0.15, 0.2) is 0 Å². The lowest BCUT2D eigenvalue weighted by Gasteiger charge is -2.24. The highest BCUT2D eigenvalue weighted by Gasteiger charge is 2.21. The Morgan fingerprint density at radius 1 is 1.35 bits per heavy atom. The van der Waals surface area contributed by atoms with E-state index in [9.17, 15) is 0 Å². The SMILES string of the molecule is CCOCC(C(C)C)n1c(CCl)nc2cc(C)ccc21. The van der Waals surface area contributed by atoms with E-state index in [1.165, 1.54) is 5.56 Å². The van der Waals surface area contributed by atoms with Crippen LogP contribution in [0.4, 0.5) is 0 Å². The van der Waals surface area contributed by atoms with Crippen LogP contribution >= 0.6 is 11.6 Å². The molecule has 1 aromatic carbocycles. The van der Waals surface area contributed by atoms with Gasteiger partial charge >= 0.3 is 0 Å². The van der Waals surface area contributed by atoms with E-state index in [-0.39, 0.29) is 6.04 Å². The summed E-state index contributed by atoms with van der Waals surface area (Å²) in [5, 5.41) is 0. The molecule has 0 N–H and O–H groups in total. The van der Waals surface area contributed by atoms with Crippen molar-refractivity contribution in [3.63, 3.8) is 0 Å². The summed E-state index contributed by atoms with van der Waals surface area (Å²) in [4.78, 5) is 4.68. The molecule has 4 heteroatoms. The fourth-order valence-corrected chi connectivity index (χ4v) is 2.72. The molecule has 0 aliphatic carbocycles. The highest BCUT2D eigenvalue weighted by Crippen LogP contribution is 2.28. The maximum atomic E-state index is 6.10. The van der Waals surface area contributed by atoms with E-state index in [0.29, 0.717) is 18.4 Å². The number of aromatic nitrogens is 2. The van der Waals surface area contributed by atoms with Gasteiger partial charge in [-0.2, -0.15) is 0 Å². The molecule has 0 aliphatic heterocycles. The molecule has 0 bridgehead atoms. The number of fused-ring (bicyclic) bond motifs is 1. The zero-order valence-corrected chi connectivity index (χ0v) is 13.4. The van der Waals surface area contributed by atoms with Gasteiger partial charge in [-0.25, -0.2) is 4.98 Å². The van der Waals surface area contributed by atoms with Crippen molar-refractivity contribution >= 4 is 22.6 Å². The Balaban J connectivity index is 2.54. The Kier molecular flexibility index (Phi) is 5.06. The Bertz CT molecular complexity index is 577. The van der Waals surface area contributed by atoms with Gasteiger partial charge < -0.3 is 9.30 Å². The molecular weight excluding hydrogens is 272 g/mol. The molecule has 110 valence electrons. The second kappa shape index (κ2) is 6.59. The quantitative estimate of drug-likeness (QED) is 0.742. The molecule has 0 saturated heterocycles. The number of aryl methyl sites for hydroxylation is 1. The molecule has 0 saturated carbocycles. The van der Waals surface area contributed by atoms with Crippen molar-refractivity contribution in [2.24, 2.45) is 5.92 Å². The summed E-state index contributed by atoms with van der Waals surface area (Å²) in [5.41, 5.74) is 3.38. The van der Waals surface area contributed by atoms with E-state index < -0.39 is 0 Å². The number of nitrogens with zero attached hydrogens (tertiary/aromatic N) is 2. The fourth-order valence-electron chi connectivity index (χ4n) is 2.53. The summed E-state index contributed by atoms with van der Waals surface area (Å²) in [6, 6.07) is 6.63. The number of imidazole rings is 1. The molecule has 1 aromatic heterocycles. The third kappa shape index (κ3) is 2.99. The molecule has 20 heavy (non-hydrogen) atoms. The number of hydrogen-bond acceptors (Lipinski definition) is 2. The second-order valence-corrected chi connectivity index (χ2v) is 5.76. The standard InChI is InChI=1S/C16H23ClN2O/c1-5-20-10-15(11(2)3)19-14-7-6-12(4)8-13(14)18-16(19)9-17/h6-8,11,15H,5,9-10H2,1-4H3. The Labute approximate surface area is 125 Å². The minimum absolute atomic E-state index is 0.261. The molecule has 0 fully saturated rings. The highest BCUT2D eigenvalue weighted by molar-refractivity contribution is 6.16. The second-order valence-electron chi connectivity index (χ2n) is 5.49. The number of hydrogen-bond donors (Lipinski definition) is 0. The maximum absolute atomic E-state index is 6.10. The van der Waals surface area contributed by atoms with Crippen LogP contribution in [0.1, 0.15) is 38.2 Å². The van der Waals surface area contributed by atoms with Crippen LogP contribution in [-0.2, 0) is 10.6 Å². The molecule has 3 nitrogen and oxygen atoms in total. The first-order valence-corrected chi connectivity index (χ1v) is 7.73. The van der Waals surface area contributed by atoms with Crippen LogP contribution in [0.25, 0.3) is 11.0 Å². The van der Waals surface area contributed by atoms with Gasteiger partial charge in [0.2, 0.25) is 0 Å². The maximum Gasteiger partial charge on any atom is 0.125 e. The summed E-state index contributed by atoms with van der Waals surface area (Å²) >= 11 is 6.10. The van der Waals surface area contributed by atoms with Crippen molar-refractivity contribution in [2.75, 3.05) is 13.2 Å². The van der Waals surface area contributed by atoms with Gasteiger partial charge in [0.1, 0.15) is 5.82 Å². The minimum atomic E-state index is 0.261. The van der Waals surface area contributed by atoms with Crippen molar-refractivity contribution in [3.05, 3.63) is 29.6 Å². The van der Waals surface area contributed by atoms with Crippen LogP contribution in [0.3, 0.4) is 0 Å². The van der Waals surface area contributed by atoms with Crippen LogP contribution in [0, 0.1) is 12.8 Å². The molecule has 1 heterocycles. The summed E-state index contributed by atoms with van der Waals surface area (Å²) in [7, 11) is 0. The molecule has 2 aromatic rings. The van der Waals surface area contributed by atoms with Crippen molar-refractivity contribution in [2.45, 2.75) is 39.6 Å². The average molecular weight is 295 g/mol. The molecule has 1 atom stereocenters. The van der Waals surface area contributed by atoms with E-state index >= 15 is 0 Å². The van der Waals surface area contributed by atoms with Crippen LogP contribution < -0.4 is 0 Å². The Hall–Kier alpha value is -1.06. The molecule has 0 amide bonds. The predicted octanol–water partition coefficient (Wildman–Crippen LogP) is 4.32. The first kappa shape index (κ1) is 15.3. The van der Waals surface area contributed by atoms with Gasteiger partial charge in [0.25, 0.3) is 0 Å². The predicted molar refractivity (Wildman–Crippen MR) is 84.4 cm³/mol. The Morgan fingerprint density at radius 3 is 2.70 bits per heavy atom. The van der Waals surface area contributed by atoms with Crippen LogP contribution in [-0.4, -0.2) is 22.8 Å². The van der Waals surface area contributed by atoms with E-state index in [2.05, 4.69) is 48.5 Å². The Morgan fingerprint density at radius 2 is 2.10 bits per heavy atom. The van der Waals surface area contributed by atoms with Crippen molar-refractivity contribution in [3.8, 4) is 0 Å². The van der Waals surface area contributed by atoms with Crippen molar-refractivity contribution in [1.29, 1.82) is 0 Å². The van der Waals surface area contributed by atoms with Gasteiger partial charge in [-0.1, -0.05) is 19.9 Å². The number of rotatable bonds is 6. The number of halogens is 1. The monoisotopic (exact) mass is 294 g/mol. The fraction of sp³-hybridized carbons (Fsp3) is 0.562. The van der Waals surface area contributed by atoms with Crippen LogP contribution in [0.15, 0.2) is 18.2 Å². The summed E-state index contributed by atoms with van der Waals surface area (Å²) < 4.78 is 7.91. The summed E-state index contributed by atoms with van der Waals surface area (Å²) in [6.45, 7) is 9.94. The number of ether oxygens (including phenoxy) is 1. The molecule has 1 unspecified atom stereocenters. The lowest BCUT2D eigenvalue weighted by atomic mass is 10.0. The smallest absolute Gasteiger partial charge is 0.125 e. The molecule has 2 rings (SSSR count). The van der Waals surface area contributed by atoms with Gasteiger partial charge in [0.05, 0.1) is 29.6 Å². The van der Waals surface area contributed by atoms with Gasteiger partial charge in [-0.3, -0.25) is 0 Å². The largest absolute Gasteiger partial charge is 0.380 e. The normalized spacial score (nSPS) is 13.3. The average Bonchev–Trinajstić information content (AvgIpc) is 2.76. The van der Waals surface area contributed by atoms with E-state index in [4.69, 9.17) is 16.3 Å². The van der Waals surface area contributed by atoms with Gasteiger partial charge in [-0.15, -0.1) is 11.6 Å². The number of alkyl halides is 1. The third-order valence-electron chi connectivity index (χ3n) is 3.63. The number of benzene rings is 1. The first-order chi connectivity index (χ1) is 9.58. The first-order valence-electron chi connectivity index (χ1n) is 7.19. The molecule has 0 aliphatic rings. The molecule has 0 spiro atoms. The highest BCUT2D eigenvalue weighted by atomic mass is 35.5. The lowest BCUT2D eigenvalue weighted by molar-refractivity contribution is 0.0971.